The van der Waals surface area contributed by atoms with E-state index in [0.29, 0.717) is 13.2 Å². The van der Waals surface area contributed by atoms with Crippen molar-refractivity contribution < 1.29 is 29.0 Å². The Morgan fingerprint density at radius 3 is 2.79 bits per heavy atom. The van der Waals surface area contributed by atoms with Gasteiger partial charge in [0.25, 0.3) is 0 Å². The summed E-state index contributed by atoms with van der Waals surface area (Å²) in [6.07, 6.45) is 1.02. The van der Waals surface area contributed by atoms with E-state index in [1.165, 1.54) is 13.2 Å². The SMILES string of the molecule is COc1cc(/C=N\NC(=O)CC2(C)OCCO2)c(O)c([N+](=O)[O-])c1. The molecule has 1 aromatic rings. The van der Waals surface area contributed by atoms with Gasteiger partial charge in [0, 0.05) is 5.56 Å². The number of hydrogen-bond donors (Lipinski definition) is 2. The first-order valence-corrected chi connectivity index (χ1v) is 7.00. The fourth-order valence-corrected chi connectivity index (χ4v) is 2.13. The zero-order chi connectivity index (χ0) is 17.7. The number of hydrazone groups is 1. The number of ether oxygens (including phenoxy) is 3. The molecule has 0 aliphatic carbocycles. The van der Waals surface area contributed by atoms with Gasteiger partial charge in [0.1, 0.15) is 5.75 Å². The molecule has 1 aliphatic heterocycles. The van der Waals surface area contributed by atoms with Crippen molar-refractivity contribution in [2.24, 2.45) is 5.10 Å². The molecule has 10 heteroatoms. The molecule has 2 rings (SSSR count). The van der Waals surface area contributed by atoms with E-state index in [1.807, 2.05) is 0 Å². The summed E-state index contributed by atoms with van der Waals surface area (Å²) in [5.41, 5.74) is 1.75. The van der Waals surface area contributed by atoms with E-state index in [-0.39, 0.29) is 17.7 Å². The van der Waals surface area contributed by atoms with Gasteiger partial charge in [-0.3, -0.25) is 14.9 Å². The van der Waals surface area contributed by atoms with Crippen LogP contribution in [0.15, 0.2) is 17.2 Å². The highest BCUT2D eigenvalue weighted by Gasteiger charge is 2.33. The molecule has 1 amide bonds. The summed E-state index contributed by atoms with van der Waals surface area (Å²) in [5, 5.41) is 24.5. The van der Waals surface area contributed by atoms with E-state index < -0.39 is 28.1 Å². The third kappa shape index (κ3) is 4.18. The van der Waals surface area contributed by atoms with Crippen LogP contribution in [0, 0.1) is 10.1 Å². The highest BCUT2D eigenvalue weighted by Crippen LogP contribution is 2.33. The molecule has 0 spiro atoms. The largest absolute Gasteiger partial charge is 0.502 e. The summed E-state index contributed by atoms with van der Waals surface area (Å²) >= 11 is 0. The van der Waals surface area contributed by atoms with E-state index in [0.717, 1.165) is 12.3 Å². The molecule has 0 radical (unpaired) electrons. The van der Waals surface area contributed by atoms with Gasteiger partial charge in [0.2, 0.25) is 11.7 Å². The molecule has 130 valence electrons. The molecule has 0 unspecified atom stereocenters. The lowest BCUT2D eigenvalue weighted by Crippen LogP contribution is -2.33. The number of methoxy groups -OCH3 is 1. The predicted molar refractivity (Wildman–Crippen MR) is 82.0 cm³/mol. The normalized spacial score (nSPS) is 16.2. The van der Waals surface area contributed by atoms with Crippen LogP contribution in [-0.2, 0) is 14.3 Å². The first-order valence-electron chi connectivity index (χ1n) is 7.00. The molecular formula is C14H17N3O7. The quantitative estimate of drug-likeness (QED) is 0.447. The van der Waals surface area contributed by atoms with Gasteiger partial charge >= 0.3 is 5.69 Å². The minimum absolute atomic E-state index is 0.0286. The van der Waals surface area contributed by atoms with Crippen molar-refractivity contribution in [2.75, 3.05) is 20.3 Å². The molecule has 1 heterocycles. The van der Waals surface area contributed by atoms with Crippen LogP contribution in [0.25, 0.3) is 0 Å². The van der Waals surface area contributed by atoms with Crippen molar-refractivity contribution in [3.63, 3.8) is 0 Å². The molecule has 1 fully saturated rings. The van der Waals surface area contributed by atoms with E-state index in [1.54, 1.807) is 6.92 Å². The van der Waals surface area contributed by atoms with Crippen molar-refractivity contribution in [1.82, 2.24) is 5.43 Å². The van der Waals surface area contributed by atoms with Gasteiger partial charge < -0.3 is 19.3 Å². The molecule has 0 bridgehead atoms. The Labute approximate surface area is 137 Å². The number of carbonyl (C=O) groups is 1. The standard InChI is InChI=1S/C14H17N3O7/c1-14(23-3-4-24-14)7-12(18)16-15-8-9-5-10(22-2)6-11(13(9)19)17(20)21/h5-6,8,19H,3-4,7H2,1-2H3,(H,16,18)/b15-8-. The van der Waals surface area contributed by atoms with Crippen molar-refractivity contribution in [3.8, 4) is 11.5 Å². The number of carbonyl (C=O) groups excluding carboxylic acids is 1. The van der Waals surface area contributed by atoms with Crippen LogP contribution in [0.5, 0.6) is 11.5 Å². The number of phenolic OH excluding ortho intramolecular Hbond substituents is 1. The Hall–Kier alpha value is -2.72. The number of amides is 1. The van der Waals surface area contributed by atoms with Gasteiger partial charge in [-0.15, -0.1) is 0 Å². The maximum Gasteiger partial charge on any atom is 0.315 e. The van der Waals surface area contributed by atoms with Crippen LogP contribution in [-0.4, -0.2) is 48.3 Å². The van der Waals surface area contributed by atoms with Gasteiger partial charge in [-0.25, -0.2) is 5.43 Å². The summed E-state index contributed by atoms with van der Waals surface area (Å²) in [6, 6.07) is 2.43. The fraction of sp³-hybridized carbons (Fsp3) is 0.429. The smallest absolute Gasteiger partial charge is 0.315 e. The molecule has 0 aromatic heterocycles. The third-order valence-electron chi connectivity index (χ3n) is 3.30. The average molecular weight is 339 g/mol. The Morgan fingerprint density at radius 1 is 1.54 bits per heavy atom. The van der Waals surface area contributed by atoms with E-state index >= 15 is 0 Å². The summed E-state index contributed by atoms with van der Waals surface area (Å²) in [5.74, 6) is -1.86. The number of phenols is 1. The van der Waals surface area contributed by atoms with Crippen LogP contribution in [0.4, 0.5) is 5.69 Å². The Morgan fingerprint density at radius 2 is 2.21 bits per heavy atom. The van der Waals surface area contributed by atoms with Gasteiger partial charge in [0.15, 0.2) is 5.79 Å². The molecule has 24 heavy (non-hydrogen) atoms. The lowest BCUT2D eigenvalue weighted by atomic mass is 10.1. The summed E-state index contributed by atoms with van der Waals surface area (Å²) in [6.45, 7) is 2.46. The number of benzene rings is 1. The van der Waals surface area contributed by atoms with E-state index in [9.17, 15) is 20.0 Å². The second kappa shape index (κ2) is 7.23. The number of nitrogens with one attached hydrogen (secondary N) is 1. The molecule has 1 saturated heterocycles. The zero-order valence-electron chi connectivity index (χ0n) is 13.1. The molecule has 0 atom stereocenters. The van der Waals surface area contributed by atoms with Crippen molar-refractivity contribution in [1.29, 1.82) is 0 Å². The number of nitro benzene ring substituents is 1. The molecule has 10 nitrogen and oxygen atoms in total. The summed E-state index contributed by atoms with van der Waals surface area (Å²) in [4.78, 5) is 22.0. The average Bonchev–Trinajstić information content (AvgIpc) is 2.94. The van der Waals surface area contributed by atoms with E-state index in [4.69, 9.17) is 14.2 Å². The minimum Gasteiger partial charge on any atom is -0.502 e. The van der Waals surface area contributed by atoms with Gasteiger partial charge in [-0.2, -0.15) is 5.10 Å². The second-order valence-corrected chi connectivity index (χ2v) is 5.14. The minimum atomic E-state index is -0.990. The van der Waals surface area contributed by atoms with Crippen LogP contribution in [0.2, 0.25) is 0 Å². The Bertz CT molecular complexity index is 669. The molecular weight excluding hydrogens is 322 g/mol. The predicted octanol–water partition coefficient (Wildman–Crippen LogP) is 0.912. The molecule has 2 N–H and O–H groups in total. The maximum atomic E-state index is 11.8. The number of rotatable bonds is 6. The third-order valence-corrected chi connectivity index (χ3v) is 3.30. The van der Waals surface area contributed by atoms with Crippen molar-refractivity contribution in [3.05, 3.63) is 27.8 Å². The maximum absolute atomic E-state index is 11.8. The van der Waals surface area contributed by atoms with E-state index in [2.05, 4.69) is 10.5 Å². The molecule has 1 aliphatic rings. The lowest BCUT2D eigenvalue weighted by Gasteiger charge is -2.20. The van der Waals surface area contributed by atoms with Crippen molar-refractivity contribution >= 4 is 17.8 Å². The number of nitrogens with zero attached hydrogens (tertiary/aromatic N) is 2. The van der Waals surface area contributed by atoms with Crippen molar-refractivity contribution in [2.45, 2.75) is 19.1 Å². The summed E-state index contributed by atoms with van der Waals surface area (Å²) in [7, 11) is 1.33. The Kier molecular flexibility index (Phi) is 5.31. The van der Waals surface area contributed by atoms with Gasteiger partial charge in [-0.1, -0.05) is 0 Å². The first kappa shape index (κ1) is 17.6. The van der Waals surface area contributed by atoms with Gasteiger partial charge in [-0.05, 0) is 13.0 Å². The second-order valence-electron chi connectivity index (χ2n) is 5.14. The first-order chi connectivity index (χ1) is 11.3. The zero-order valence-corrected chi connectivity index (χ0v) is 13.1. The van der Waals surface area contributed by atoms with Crippen LogP contribution in [0.3, 0.4) is 0 Å². The number of nitro groups is 1. The van der Waals surface area contributed by atoms with Crippen LogP contribution < -0.4 is 10.2 Å². The molecule has 1 aromatic carbocycles. The number of hydrogen-bond acceptors (Lipinski definition) is 8. The molecule has 0 saturated carbocycles. The topological polar surface area (TPSA) is 133 Å². The highest BCUT2D eigenvalue weighted by atomic mass is 16.7. The number of aromatic hydroxyl groups is 1. The van der Waals surface area contributed by atoms with Gasteiger partial charge in [0.05, 0.1) is 43.9 Å². The lowest BCUT2D eigenvalue weighted by molar-refractivity contribution is -0.385. The summed E-state index contributed by atoms with van der Waals surface area (Å²) < 4.78 is 15.5. The Balaban J connectivity index is 2.07. The monoisotopic (exact) mass is 339 g/mol. The van der Waals surface area contributed by atoms with Crippen LogP contribution >= 0.6 is 0 Å². The van der Waals surface area contributed by atoms with Crippen LogP contribution in [0.1, 0.15) is 18.9 Å². The highest BCUT2D eigenvalue weighted by molar-refractivity contribution is 5.87. The fourth-order valence-electron chi connectivity index (χ4n) is 2.13.